The minimum atomic E-state index is -0.499. The minimum Gasteiger partial charge on any atom is -0.348 e. The van der Waals surface area contributed by atoms with Crippen LogP contribution < -0.4 is 16.4 Å². The monoisotopic (exact) mass is 215 g/mol. The van der Waals surface area contributed by atoms with Crippen molar-refractivity contribution in [3.63, 3.8) is 0 Å². The summed E-state index contributed by atoms with van der Waals surface area (Å²) in [5, 5.41) is 5.52. The molecule has 0 unspecified atom stereocenters. The van der Waals surface area contributed by atoms with Gasteiger partial charge >= 0.3 is 0 Å². The number of amides is 1. The van der Waals surface area contributed by atoms with Crippen LogP contribution in [0.1, 0.15) is 26.2 Å². The van der Waals surface area contributed by atoms with Gasteiger partial charge < -0.3 is 16.4 Å². The van der Waals surface area contributed by atoms with Crippen molar-refractivity contribution in [3.8, 4) is 0 Å². The number of hydrogen-bond donors (Lipinski definition) is 3. The van der Waals surface area contributed by atoms with Crippen molar-refractivity contribution < 1.29 is 9.59 Å². The summed E-state index contributed by atoms with van der Waals surface area (Å²) < 4.78 is 0. The lowest BCUT2D eigenvalue weighted by Gasteiger charge is -2.10. The van der Waals surface area contributed by atoms with Crippen LogP contribution in [0.2, 0.25) is 0 Å². The Morgan fingerprint density at radius 2 is 2.00 bits per heavy atom. The van der Waals surface area contributed by atoms with E-state index in [0.29, 0.717) is 6.42 Å². The molecule has 0 aliphatic carbocycles. The lowest BCUT2D eigenvalue weighted by Crippen LogP contribution is -2.42. The highest BCUT2D eigenvalue weighted by molar-refractivity contribution is 5.87. The molecule has 1 amide bonds. The summed E-state index contributed by atoms with van der Waals surface area (Å²) in [6.07, 6.45) is 2.57. The van der Waals surface area contributed by atoms with E-state index in [1.165, 1.54) is 6.92 Å². The second-order valence-electron chi connectivity index (χ2n) is 3.63. The van der Waals surface area contributed by atoms with Crippen molar-refractivity contribution >= 4 is 11.7 Å². The molecule has 0 aromatic carbocycles. The topological polar surface area (TPSA) is 84.2 Å². The molecule has 0 aromatic rings. The van der Waals surface area contributed by atoms with Gasteiger partial charge in [0.1, 0.15) is 5.78 Å². The van der Waals surface area contributed by atoms with E-state index in [1.807, 2.05) is 7.05 Å². The molecule has 4 N–H and O–H groups in total. The fourth-order valence-corrected chi connectivity index (χ4v) is 1.14. The molecule has 0 spiro atoms. The summed E-state index contributed by atoms with van der Waals surface area (Å²) in [5.74, 6) is -0.305. The van der Waals surface area contributed by atoms with Crippen LogP contribution in [0, 0.1) is 0 Å². The van der Waals surface area contributed by atoms with E-state index in [0.717, 1.165) is 19.4 Å². The molecular formula is C10H21N3O2. The Labute approximate surface area is 90.8 Å². The van der Waals surface area contributed by atoms with Gasteiger partial charge in [-0.25, -0.2) is 0 Å². The Hall–Kier alpha value is -0.940. The summed E-state index contributed by atoms with van der Waals surface area (Å²) in [6, 6.07) is -0.499. The lowest BCUT2D eigenvalue weighted by atomic mass is 10.1. The summed E-state index contributed by atoms with van der Waals surface area (Å²) in [6.45, 7) is 2.43. The first-order valence-electron chi connectivity index (χ1n) is 5.25. The molecule has 0 aliphatic heterocycles. The van der Waals surface area contributed by atoms with Gasteiger partial charge in [-0.3, -0.25) is 9.59 Å². The van der Waals surface area contributed by atoms with Gasteiger partial charge in [-0.2, -0.15) is 0 Å². The fraction of sp³-hybridized carbons (Fsp3) is 0.800. The Kier molecular flexibility index (Phi) is 7.85. The van der Waals surface area contributed by atoms with Crippen LogP contribution in [-0.4, -0.2) is 37.9 Å². The van der Waals surface area contributed by atoms with Crippen LogP contribution in [0.3, 0.4) is 0 Å². The number of carbonyl (C=O) groups excluding carboxylic acids is 2. The van der Waals surface area contributed by atoms with Crippen LogP contribution in [0.4, 0.5) is 0 Å². The smallest absolute Gasteiger partial charge is 0.237 e. The first kappa shape index (κ1) is 14.1. The van der Waals surface area contributed by atoms with Crippen molar-refractivity contribution in [2.45, 2.75) is 32.2 Å². The number of hydrogen-bond acceptors (Lipinski definition) is 4. The summed E-state index contributed by atoms with van der Waals surface area (Å²) in [4.78, 5) is 21.9. The van der Waals surface area contributed by atoms with Crippen LogP contribution in [-0.2, 0) is 9.59 Å². The third kappa shape index (κ3) is 8.08. The molecule has 5 nitrogen and oxygen atoms in total. The summed E-state index contributed by atoms with van der Waals surface area (Å²) in [7, 11) is 1.89. The minimum absolute atomic E-state index is 0.0641. The van der Waals surface area contributed by atoms with Crippen LogP contribution in [0.5, 0.6) is 0 Å². The Morgan fingerprint density at radius 1 is 1.33 bits per heavy atom. The number of Topliss-reactive ketones (excluding diaryl/α,β-unsaturated/α-hetero) is 1. The molecule has 0 heterocycles. The van der Waals surface area contributed by atoms with Gasteiger partial charge in [-0.05, 0) is 33.4 Å². The zero-order valence-electron chi connectivity index (χ0n) is 9.51. The quantitative estimate of drug-likeness (QED) is 0.472. The molecule has 5 heteroatoms. The van der Waals surface area contributed by atoms with Gasteiger partial charge in [-0.1, -0.05) is 6.42 Å². The highest BCUT2D eigenvalue weighted by Crippen LogP contribution is 1.98. The van der Waals surface area contributed by atoms with Gasteiger partial charge in [0.25, 0.3) is 0 Å². The van der Waals surface area contributed by atoms with Crippen LogP contribution in [0.25, 0.3) is 0 Å². The van der Waals surface area contributed by atoms with Gasteiger partial charge in [0.2, 0.25) is 5.91 Å². The maximum Gasteiger partial charge on any atom is 0.237 e. The zero-order valence-corrected chi connectivity index (χ0v) is 9.51. The Bertz CT molecular complexity index is 207. The van der Waals surface area contributed by atoms with Crippen LogP contribution >= 0.6 is 0 Å². The van der Waals surface area contributed by atoms with E-state index in [9.17, 15) is 9.59 Å². The number of nitrogens with one attached hydrogen (secondary N) is 2. The number of carbonyl (C=O) groups is 2. The van der Waals surface area contributed by atoms with E-state index >= 15 is 0 Å². The van der Waals surface area contributed by atoms with Crippen molar-refractivity contribution in [2.75, 3.05) is 20.1 Å². The SMILES string of the molecule is CNCCCC[C@@H](N)C(=O)NCC(C)=O. The first-order valence-corrected chi connectivity index (χ1v) is 5.25. The normalized spacial score (nSPS) is 12.2. The van der Waals surface area contributed by atoms with Crippen molar-refractivity contribution in [1.29, 1.82) is 0 Å². The van der Waals surface area contributed by atoms with E-state index in [1.54, 1.807) is 0 Å². The molecule has 1 atom stereocenters. The van der Waals surface area contributed by atoms with E-state index in [4.69, 9.17) is 5.73 Å². The Balaban J connectivity index is 3.55. The third-order valence-corrected chi connectivity index (χ3v) is 2.04. The van der Waals surface area contributed by atoms with Crippen molar-refractivity contribution in [3.05, 3.63) is 0 Å². The fourth-order valence-electron chi connectivity index (χ4n) is 1.14. The molecule has 15 heavy (non-hydrogen) atoms. The van der Waals surface area contributed by atoms with Gasteiger partial charge in [0, 0.05) is 0 Å². The molecule has 0 aromatic heterocycles. The standard InChI is InChI=1S/C10H21N3O2/c1-8(14)7-13-10(15)9(11)5-3-4-6-12-2/h9,12H,3-7,11H2,1-2H3,(H,13,15)/t9-/m1/s1. The Morgan fingerprint density at radius 3 is 2.53 bits per heavy atom. The molecule has 0 saturated heterocycles. The first-order chi connectivity index (χ1) is 7.07. The van der Waals surface area contributed by atoms with Gasteiger partial charge in [0.05, 0.1) is 12.6 Å². The molecule has 0 radical (unpaired) electrons. The number of unbranched alkanes of at least 4 members (excludes halogenated alkanes) is 1. The van der Waals surface area contributed by atoms with Crippen molar-refractivity contribution in [2.24, 2.45) is 5.73 Å². The second-order valence-corrected chi connectivity index (χ2v) is 3.63. The lowest BCUT2D eigenvalue weighted by molar-refractivity contribution is -0.125. The predicted octanol–water partition coefficient (Wildman–Crippen LogP) is -0.591. The highest BCUT2D eigenvalue weighted by Gasteiger charge is 2.12. The average Bonchev–Trinajstić information content (AvgIpc) is 2.20. The predicted molar refractivity (Wildman–Crippen MR) is 59.4 cm³/mol. The number of rotatable bonds is 8. The highest BCUT2D eigenvalue weighted by atomic mass is 16.2. The molecule has 0 fully saturated rings. The van der Waals surface area contributed by atoms with Gasteiger partial charge in [0.15, 0.2) is 0 Å². The van der Waals surface area contributed by atoms with Crippen molar-refractivity contribution in [1.82, 2.24) is 10.6 Å². The second kappa shape index (κ2) is 8.38. The number of nitrogens with two attached hydrogens (primary N) is 1. The molecule has 0 bridgehead atoms. The van der Waals surface area contributed by atoms with E-state index < -0.39 is 6.04 Å². The maximum atomic E-state index is 11.3. The van der Waals surface area contributed by atoms with E-state index in [-0.39, 0.29) is 18.2 Å². The third-order valence-electron chi connectivity index (χ3n) is 2.04. The largest absolute Gasteiger partial charge is 0.348 e. The number of ketones is 1. The van der Waals surface area contributed by atoms with Crippen LogP contribution in [0.15, 0.2) is 0 Å². The summed E-state index contributed by atoms with van der Waals surface area (Å²) >= 11 is 0. The van der Waals surface area contributed by atoms with Gasteiger partial charge in [-0.15, -0.1) is 0 Å². The van der Waals surface area contributed by atoms with E-state index in [2.05, 4.69) is 10.6 Å². The molecule has 0 saturated carbocycles. The average molecular weight is 215 g/mol. The maximum absolute atomic E-state index is 11.3. The zero-order chi connectivity index (χ0) is 11.7. The molecule has 88 valence electrons. The molecular weight excluding hydrogens is 194 g/mol. The summed E-state index contributed by atoms with van der Waals surface area (Å²) in [5.41, 5.74) is 5.64. The molecule has 0 aliphatic rings. The molecule has 0 rings (SSSR count).